The summed E-state index contributed by atoms with van der Waals surface area (Å²) in [5.41, 5.74) is 2.15. The van der Waals surface area contributed by atoms with Crippen molar-refractivity contribution in [1.29, 1.82) is 0 Å². The second-order valence-corrected chi connectivity index (χ2v) is 6.53. The summed E-state index contributed by atoms with van der Waals surface area (Å²) < 4.78 is 23.7. The van der Waals surface area contributed by atoms with Gasteiger partial charge in [0.1, 0.15) is 23.3 Å². The molecule has 3 aromatic rings. The van der Waals surface area contributed by atoms with Gasteiger partial charge in [-0.15, -0.1) is 0 Å². The van der Waals surface area contributed by atoms with E-state index in [4.69, 9.17) is 9.47 Å². The molecule has 0 bridgehead atoms. The monoisotopic (exact) mass is 380 g/mol. The van der Waals surface area contributed by atoms with Crippen LogP contribution < -0.4 is 20.1 Å². The SMILES string of the molecule is Cc1nc(NCCc2ccc(F)cc2)cc(NCc2ccc3c(c2)OCO3)n1. The van der Waals surface area contributed by atoms with Crippen molar-refractivity contribution in [3.8, 4) is 11.5 Å². The lowest BCUT2D eigenvalue weighted by Gasteiger charge is -2.11. The number of ether oxygens (including phenoxy) is 2. The van der Waals surface area contributed by atoms with Gasteiger partial charge in [-0.05, 0) is 48.7 Å². The number of anilines is 2. The summed E-state index contributed by atoms with van der Waals surface area (Å²) in [5.74, 6) is 3.49. The third-order valence-corrected chi connectivity index (χ3v) is 4.38. The van der Waals surface area contributed by atoms with Crippen molar-refractivity contribution in [3.63, 3.8) is 0 Å². The van der Waals surface area contributed by atoms with Crippen molar-refractivity contribution >= 4 is 11.6 Å². The van der Waals surface area contributed by atoms with E-state index in [2.05, 4.69) is 20.6 Å². The van der Waals surface area contributed by atoms with E-state index in [9.17, 15) is 4.39 Å². The highest BCUT2D eigenvalue weighted by Gasteiger charge is 2.13. The predicted octanol–water partition coefficient (Wildman–Crippen LogP) is 3.92. The Balaban J connectivity index is 1.34. The van der Waals surface area contributed by atoms with Crippen molar-refractivity contribution in [2.45, 2.75) is 19.9 Å². The van der Waals surface area contributed by atoms with Crippen LogP contribution in [0.3, 0.4) is 0 Å². The van der Waals surface area contributed by atoms with Crippen molar-refractivity contribution in [2.24, 2.45) is 0 Å². The summed E-state index contributed by atoms with van der Waals surface area (Å²) in [6, 6.07) is 14.3. The smallest absolute Gasteiger partial charge is 0.231 e. The maximum Gasteiger partial charge on any atom is 0.231 e. The number of benzene rings is 2. The normalized spacial score (nSPS) is 12.1. The van der Waals surface area contributed by atoms with E-state index in [-0.39, 0.29) is 12.6 Å². The van der Waals surface area contributed by atoms with Crippen LogP contribution in [0.2, 0.25) is 0 Å². The predicted molar refractivity (Wildman–Crippen MR) is 105 cm³/mol. The summed E-state index contributed by atoms with van der Waals surface area (Å²) >= 11 is 0. The largest absolute Gasteiger partial charge is 0.454 e. The lowest BCUT2D eigenvalue weighted by atomic mass is 10.1. The van der Waals surface area contributed by atoms with Gasteiger partial charge >= 0.3 is 0 Å². The fourth-order valence-electron chi connectivity index (χ4n) is 2.98. The number of hydrogen-bond acceptors (Lipinski definition) is 6. The highest BCUT2D eigenvalue weighted by molar-refractivity contribution is 5.49. The fraction of sp³-hybridized carbons (Fsp3) is 0.238. The molecule has 7 heteroatoms. The van der Waals surface area contributed by atoms with Gasteiger partial charge in [-0.1, -0.05) is 18.2 Å². The highest BCUT2D eigenvalue weighted by Crippen LogP contribution is 2.32. The Morgan fingerprint density at radius 3 is 2.43 bits per heavy atom. The lowest BCUT2D eigenvalue weighted by Crippen LogP contribution is -2.09. The maximum absolute atomic E-state index is 13.0. The zero-order valence-electron chi connectivity index (χ0n) is 15.5. The Morgan fingerprint density at radius 1 is 0.893 bits per heavy atom. The van der Waals surface area contributed by atoms with Gasteiger partial charge in [0, 0.05) is 19.2 Å². The average Bonchev–Trinajstić information content (AvgIpc) is 3.15. The van der Waals surface area contributed by atoms with Crippen LogP contribution in [0.15, 0.2) is 48.5 Å². The van der Waals surface area contributed by atoms with E-state index in [0.29, 0.717) is 18.9 Å². The van der Waals surface area contributed by atoms with Crippen LogP contribution in [0.5, 0.6) is 11.5 Å². The molecular weight excluding hydrogens is 359 g/mol. The molecule has 0 saturated carbocycles. The van der Waals surface area contributed by atoms with Crippen molar-refractivity contribution in [2.75, 3.05) is 24.0 Å². The summed E-state index contributed by atoms with van der Waals surface area (Å²) in [7, 11) is 0. The van der Waals surface area contributed by atoms with Crippen LogP contribution in [-0.2, 0) is 13.0 Å². The molecule has 2 aromatic carbocycles. The van der Waals surface area contributed by atoms with E-state index in [1.54, 1.807) is 12.1 Å². The minimum atomic E-state index is -0.221. The van der Waals surface area contributed by atoms with Crippen LogP contribution >= 0.6 is 0 Å². The Labute approximate surface area is 162 Å². The van der Waals surface area contributed by atoms with Gasteiger partial charge in [-0.3, -0.25) is 0 Å². The third-order valence-electron chi connectivity index (χ3n) is 4.38. The Kier molecular flexibility index (Phi) is 5.23. The van der Waals surface area contributed by atoms with Crippen LogP contribution in [-0.4, -0.2) is 23.3 Å². The van der Waals surface area contributed by atoms with Gasteiger partial charge in [-0.2, -0.15) is 0 Å². The molecule has 2 heterocycles. The van der Waals surface area contributed by atoms with Crippen molar-refractivity contribution < 1.29 is 13.9 Å². The summed E-state index contributed by atoms with van der Waals surface area (Å²) in [5, 5.41) is 6.62. The first kappa shape index (κ1) is 18.0. The minimum absolute atomic E-state index is 0.221. The van der Waals surface area contributed by atoms with E-state index < -0.39 is 0 Å². The summed E-state index contributed by atoms with van der Waals surface area (Å²) in [6.07, 6.45) is 0.781. The number of aromatic nitrogens is 2. The second-order valence-electron chi connectivity index (χ2n) is 6.53. The number of hydrogen-bond donors (Lipinski definition) is 2. The van der Waals surface area contributed by atoms with E-state index in [1.165, 1.54) is 12.1 Å². The molecule has 6 nitrogen and oxygen atoms in total. The summed E-state index contributed by atoms with van der Waals surface area (Å²) in [4.78, 5) is 8.86. The Morgan fingerprint density at radius 2 is 1.61 bits per heavy atom. The first-order chi connectivity index (χ1) is 13.7. The van der Waals surface area contributed by atoms with Crippen LogP contribution in [0.1, 0.15) is 17.0 Å². The van der Waals surface area contributed by atoms with Crippen LogP contribution in [0.4, 0.5) is 16.0 Å². The van der Waals surface area contributed by atoms with Gasteiger partial charge in [0.15, 0.2) is 11.5 Å². The van der Waals surface area contributed by atoms with Gasteiger partial charge in [0.05, 0.1) is 0 Å². The fourth-order valence-corrected chi connectivity index (χ4v) is 2.98. The standard InChI is InChI=1S/C21H21FN4O2/c1-14-25-20(23-9-8-15-2-5-17(22)6-3-15)11-21(26-14)24-12-16-4-7-18-19(10-16)28-13-27-18/h2-7,10-11H,8-9,12-13H2,1H3,(H2,23,24,25,26). The van der Waals surface area contributed by atoms with Crippen LogP contribution in [0, 0.1) is 12.7 Å². The molecule has 0 saturated heterocycles. The molecule has 0 amide bonds. The zero-order valence-corrected chi connectivity index (χ0v) is 15.5. The molecule has 0 unspecified atom stereocenters. The zero-order chi connectivity index (χ0) is 19.3. The topological polar surface area (TPSA) is 68.3 Å². The second kappa shape index (κ2) is 8.12. The van der Waals surface area contributed by atoms with E-state index >= 15 is 0 Å². The molecule has 0 fully saturated rings. The number of nitrogens with zero attached hydrogens (tertiary/aromatic N) is 2. The molecule has 0 radical (unpaired) electrons. The van der Waals surface area contributed by atoms with Crippen molar-refractivity contribution in [3.05, 3.63) is 71.3 Å². The number of aryl methyl sites for hydroxylation is 1. The van der Waals surface area contributed by atoms with Gasteiger partial charge in [-0.25, -0.2) is 14.4 Å². The molecule has 144 valence electrons. The number of halogens is 1. The molecule has 0 spiro atoms. The maximum atomic E-state index is 13.0. The number of rotatable bonds is 7. The molecule has 1 aliphatic heterocycles. The third kappa shape index (κ3) is 4.49. The number of fused-ring (bicyclic) bond motifs is 1. The summed E-state index contributed by atoms with van der Waals surface area (Å²) in [6.45, 7) is 3.44. The first-order valence-electron chi connectivity index (χ1n) is 9.12. The molecule has 2 N–H and O–H groups in total. The van der Waals surface area contributed by atoms with Gasteiger partial charge in [0.2, 0.25) is 6.79 Å². The molecular formula is C21H21FN4O2. The highest BCUT2D eigenvalue weighted by atomic mass is 19.1. The molecule has 0 aliphatic carbocycles. The average molecular weight is 380 g/mol. The van der Waals surface area contributed by atoms with Gasteiger partial charge < -0.3 is 20.1 Å². The Bertz CT molecular complexity index is 963. The molecule has 4 rings (SSSR count). The van der Waals surface area contributed by atoms with E-state index in [1.807, 2.05) is 31.2 Å². The molecule has 1 aliphatic rings. The first-order valence-corrected chi connectivity index (χ1v) is 9.12. The minimum Gasteiger partial charge on any atom is -0.454 e. The van der Waals surface area contributed by atoms with Crippen molar-refractivity contribution in [1.82, 2.24) is 9.97 Å². The Hall–Kier alpha value is -3.35. The quantitative estimate of drug-likeness (QED) is 0.648. The lowest BCUT2D eigenvalue weighted by molar-refractivity contribution is 0.174. The van der Waals surface area contributed by atoms with Crippen LogP contribution in [0.25, 0.3) is 0 Å². The number of nitrogens with one attached hydrogen (secondary N) is 2. The molecule has 1 aromatic heterocycles. The molecule has 0 atom stereocenters. The molecule has 28 heavy (non-hydrogen) atoms. The van der Waals surface area contributed by atoms with E-state index in [0.717, 1.165) is 40.7 Å². The van der Waals surface area contributed by atoms with Gasteiger partial charge in [0.25, 0.3) is 0 Å².